The molecule has 2 aliphatic carbocycles. The molecule has 0 saturated heterocycles. The fourth-order valence-electron chi connectivity index (χ4n) is 9.11. The molecule has 0 fully saturated rings. The van der Waals surface area contributed by atoms with E-state index in [1.165, 1.54) is 66.4 Å². The van der Waals surface area contributed by atoms with Gasteiger partial charge in [0.2, 0.25) is 0 Å². The summed E-state index contributed by atoms with van der Waals surface area (Å²) >= 11 is 0. The minimum absolute atomic E-state index is 0.0943. The molecule has 0 saturated carbocycles. The number of hydrogen-bond donors (Lipinski definition) is 0. The van der Waals surface area contributed by atoms with E-state index in [9.17, 15) is 0 Å². The van der Waals surface area contributed by atoms with Gasteiger partial charge in [0.05, 0.1) is 5.69 Å². The molecule has 2 heteroatoms. The molecule has 10 rings (SSSR count). The van der Waals surface area contributed by atoms with Crippen LogP contribution >= 0.6 is 0 Å². The minimum Gasteiger partial charge on any atom is -0.310 e. The number of anilines is 3. The zero-order valence-electron chi connectivity index (χ0n) is 30.6. The largest absolute Gasteiger partial charge is 0.310 e. The molecule has 0 radical (unpaired) electrons. The van der Waals surface area contributed by atoms with Crippen molar-refractivity contribution in [3.63, 3.8) is 0 Å². The fourth-order valence-corrected chi connectivity index (χ4v) is 9.11. The first-order valence-electron chi connectivity index (χ1n) is 18.6. The van der Waals surface area contributed by atoms with Crippen molar-refractivity contribution in [3.8, 4) is 44.6 Å². The maximum atomic E-state index is 4.81. The van der Waals surface area contributed by atoms with Gasteiger partial charge >= 0.3 is 0 Å². The Kier molecular flexibility index (Phi) is 6.91. The summed E-state index contributed by atoms with van der Waals surface area (Å²) in [7, 11) is 0. The van der Waals surface area contributed by atoms with Gasteiger partial charge in [0.15, 0.2) is 0 Å². The Morgan fingerprint density at radius 3 is 1.57 bits per heavy atom. The van der Waals surface area contributed by atoms with Crippen molar-refractivity contribution in [1.82, 2.24) is 4.98 Å². The van der Waals surface area contributed by atoms with Crippen LogP contribution in [0.15, 0.2) is 170 Å². The van der Waals surface area contributed by atoms with Crippen LogP contribution < -0.4 is 4.90 Å². The molecule has 2 nitrogen and oxygen atoms in total. The monoisotopic (exact) mass is 680 g/mol. The molecule has 1 aromatic heterocycles. The summed E-state index contributed by atoms with van der Waals surface area (Å²) in [6.07, 6.45) is 1.91. The first-order valence-corrected chi connectivity index (χ1v) is 18.6. The molecule has 2 aliphatic rings. The molecule has 8 aromatic rings. The molecule has 0 spiro atoms. The number of hydrogen-bond acceptors (Lipinski definition) is 2. The van der Waals surface area contributed by atoms with Crippen molar-refractivity contribution in [2.24, 2.45) is 0 Å². The van der Waals surface area contributed by atoms with E-state index in [1.54, 1.807) is 0 Å². The Balaban J connectivity index is 1.09. The van der Waals surface area contributed by atoms with Crippen LogP contribution in [0.1, 0.15) is 49.9 Å². The van der Waals surface area contributed by atoms with Gasteiger partial charge in [0.1, 0.15) is 0 Å². The van der Waals surface area contributed by atoms with E-state index in [0.717, 1.165) is 28.3 Å². The van der Waals surface area contributed by atoms with Gasteiger partial charge in [-0.25, -0.2) is 0 Å². The van der Waals surface area contributed by atoms with Crippen molar-refractivity contribution in [2.45, 2.75) is 38.5 Å². The lowest BCUT2D eigenvalue weighted by Crippen LogP contribution is -2.18. The molecule has 0 amide bonds. The Bertz CT molecular complexity index is 2620. The standard InChI is InChI=1S/C51H40N2/c1-50(2)45-18-9-7-16-41(45)43-26-24-38(31-47(43)50)53(39-25-27-44-42-17-8-10-19-46(42)51(3,4)48(44)32-39)37-22-20-33(21-23-37)35-13-11-14-36(30-35)49-40-15-6-5-12-34(40)28-29-52-49/h5-32H,1-4H3. The lowest BCUT2D eigenvalue weighted by Gasteiger charge is -2.30. The van der Waals surface area contributed by atoms with Gasteiger partial charge in [-0.05, 0) is 110 Å². The number of nitrogens with zero attached hydrogens (tertiary/aromatic N) is 2. The van der Waals surface area contributed by atoms with Crippen LogP contribution in [0.5, 0.6) is 0 Å². The molecular weight excluding hydrogens is 641 g/mol. The molecule has 0 aliphatic heterocycles. The Hall–Kier alpha value is -6.25. The first-order chi connectivity index (χ1) is 25.8. The summed E-state index contributed by atoms with van der Waals surface area (Å²) in [6, 6.07) is 60.3. The van der Waals surface area contributed by atoms with Crippen LogP contribution in [0, 0.1) is 0 Å². The minimum atomic E-state index is -0.0943. The lowest BCUT2D eigenvalue weighted by atomic mass is 9.82. The second-order valence-electron chi connectivity index (χ2n) is 15.6. The quantitative estimate of drug-likeness (QED) is 0.180. The molecule has 0 bridgehead atoms. The molecule has 0 N–H and O–H groups in total. The van der Waals surface area contributed by atoms with Crippen molar-refractivity contribution in [3.05, 3.63) is 192 Å². The smallest absolute Gasteiger partial charge is 0.0780 e. The molecule has 0 atom stereocenters. The number of benzene rings is 7. The normalized spacial score (nSPS) is 14.3. The van der Waals surface area contributed by atoms with Crippen LogP contribution in [-0.4, -0.2) is 4.98 Å². The average Bonchev–Trinajstić information content (AvgIpc) is 3.57. The number of aromatic nitrogens is 1. The second kappa shape index (κ2) is 11.6. The van der Waals surface area contributed by atoms with E-state index in [4.69, 9.17) is 4.98 Å². The fraction of sp³-hybridized carbons (Fsp3) is 0.118. The number of fused-ring (bicyclic) bond motifs is 7. The molecule has 53 heavy (non-hydrogen) atoms. The van der Waals surface area contributed by atoms with E-state index in [-0.39, 0.29) is 10.8 Å². The maximum absolute atomic E-state index is 4.81. The summed E-state index contributed by atoms with van der Waals surface area (Å²) in [6.45, 7) is 9.43. The third kappa shape index (κ3) is 4.82. The molecule has 254 valence electrons. The molecule has 1 heterocycles. The van der Waals surface area contributed by atoms with Gasteiger partial charge in [-0.3, -0.25) is 4.98 Å². The predicted molar refractivity (Wildman–Crippen MR) is 222 cm³/mol. The zero-order valence-corrected chi connectivity index (χ0v) is 30.6. The first kappa shape index (κ1) is 31.5. The van der Waals surface area contributed by atoms with E-state index >= 15 is 0 Å². The van der Waals surface area contributed by atoms with Crippen LogP contribution in [0.2, 0.25) is 0 Å². The molecular formula is C51H40N2. The van der Waals surface area contributed by atoms with Gasteiger partial charge in [0.25, 0.3) is 0 Å². The van der Waals surface area contributed by atoms with Crippen LogP contribution in [0.3, 0.4) is 0 Å². The lowest BCUT2D eigenvalue weighted by molar-refractivity contribution is 0.660. The third-order valence-corrected chi connectivity index (χ3v) is 11.9. The van der Waals surface area contributed by atoms with Gasteiger partial charge in [-0.1, -0.05) is 143 Å². The predicted octanol–water partition coefficient (Wildman–Crippen LogP) is 13.7. The van der Waals surface area contributed by atoms with E-state index in [2.05, 4.69) is 196 Å². The van der Waals surface area contributed by atoms with E-state index in [1.807, 2.05) is 6.20 Å². The second-order valence-corrected chi connectivity index (χ2v) is 15.6. The van der Waals surface area contributed by atoms with Crippen molar-refractivity contribution in [1.29, 1.82) is 0 Å². The molecule has 0 unspecified atom stereocenters. The van der Waals surface area contributed by atoms with Gasteiger partial charge in [0, 0.05) is 45.0 Å². The van der Waals surface area contributed by atoms with Crippen LogP contribution in [-0.2, 0) is 10.8 Å². The van der Waals surface area contributed by atoms with Crippen LogP contribution in [0.4, 0.5) is 17.1 Å². The van der Waals surface area contributed by atoms with E-state index in [0.29, 0.717) is 0 Å². The summed E-state index contributed by atoms with van der Waals surface area (Å²) in [4.78, 5) is 7.25. The van der Waals surface area contributed by atoms with E-state index < -0.39 is 0 Å². The van der Waals surface area contributed by atoms with Gasteiger partial charge in [-0.2, -0.15) is 0 Å². The Morgan fingerprint density at radius 1 is 0.396 bits per heavy atom. The highest BCUT2D eigenvalue weighted by Gasteiger charge is 2.37. The summed E-state index contributed by atoms with van der Waals surface area (Å²) in [5.74, 6) is 0. The van der Waals surface area contributed by atoms with Crippen molar-refractivity contribution >= 4 is 27.8 Å². The maximum Gasteiger partial charge on any atom is 0.0780 e. The topological polar surface area (TPSA) is 16.1 Å². The highest BCUT2D eigenvalue weighted by Crippen LogP contribution is 2.53. The highest BCUT2D eigenvalue weighted by atomic mass is 15.1. The SMILES string of the molecule is CC1(C)c2ccccc2-c2ccc(N(c3ccc(-c4cccc(-c5nccc6ccccc56)c4)cc3)c3ccc4c(c3)C(C)(C)c3ccccc3-4)cc21. The summed E-state index contributed by atoms with van der Waals surface area (Å²) < 4.78 is 0. The molecule has 7 aromatic carbocycles. The Labute approximate surface area is 312 Å². The Morgan fingerprint density at radius 2 is 0.925 bits per heavy atom. The number of rotatable bonds is 5. The zero-order chi connectivity index (χ0) is 35.9. The van der Waals surface area contributed by atoms with Crippen LogP contribution in [0.25, 0.3) is 55.4 Å². The highest BCUT2D eigenvalue weighted by molar-refractivity contribution is 5.95. The average molecular weight is 681 g/mol. The summed E-state index contributed by atoms with van der Waals surface area (Å²) in [5, 5.41) is 2.37. The van der Waals surface area contributed by atoms with Gasteiger partial charge in [-0.15, -0.1) is 0 Å². The van der Waals surface area contributed by atoms with Crippen molar-refractivity contribution in [2.75, 3.05) is 4.90 Å². The third-order valence-electron chi connectivity index (χ3n) is 11.9. The van der Waals surface area contributed by atoms with Crippen molar-refractivity contribution < 1.29 is 0 Å². The summed E-state index contributed by atoms with van der Waals surface area (Å²) in [5.41, 5.74) is 18.6. The van der Waals surface area contributed by atoms with Gasteiger partial charge < -0.3 is 4.90 Å². The number of pyridine rings is 1.